The van der Waals surface area contributed by atoms with Crippen LogP contribution in [0.5, 0.6) is 0 Å². The van der Waals surface area contributed by atoms with E-state index in [4.69, 9.17) is 0 Å². The molecule has 0 aliphatic rings. The van der Waals surface area contributed by atoms with Crippen LogP contribution >= 0.6 is 0 Å². The molecule has 0 heterocycles. The molecule has 3 aromatic carbocycles. The summed E-state index contributed by atoms with van der Waals surface area (Å²) in [5.41, 5.74) is 12.3. The van der Waals surface area contributed by atoms with Gasteiger partial charge in [-0.25, -0.2) is 0 Å². The summed E-state index contributed by atoms with van der Waals surface area (Å²) in [5.74, 6) is 0. The van der Waals surface area contributed by atoms with Crippen LogP contribution in [0.1, 0.15) is 16.7 Å². The third-order valence-electron chi connectivity index (χ3n) is 7.02. The first-order valence-electron chi connectivity index (χ1n) is 14.0. The summed E-state index contributed by atoms with van der Waals surface area (Å²) in [7, 11) is -6.97. The lowest BCUT2D eigenvalue weighted by Crippen LogP contribution is -2.36. The van der Waals surface area contributed by atoms with Crippen molar-refractivity contribution in [2.24, 2.45) is 0 Å². The second-order valence-corrected chi connectivity index (χ2v) is 32.4. The molecule has 0 aromatic heterocycles. The van der Waals surface area contributed by atoms with Crippen LogP contribution in [0.4, 0.5) is 0 Å². The standard InChI is InChI=1S/C34H48Si4/c1-35(2,3)26-33(30-22-16-12-17-23-30)38(9,10)34(31-24-18-13-19-25-31)28-37(7,8)27-32(36(4,5)6)29-20-14-11-15-21-29/h11-28H,1-10H3/b32-27+,33-26+,34-28+. The highest BCUT2D eigenvalue weighted by molar-refractivity contribution is 7.11. The van der Waals surface area contributed by atoms with Crippen molar-refractivity contribution >= 4 is 47.9 Å². The summed E-state index contributed by atoms with van der Waals surface area (Å²) in [5, 5.41) is 4.77. The van der Waals surface area contributed by atoms with E-state index in [1.54, 1.807) is 15.6 Å². The molecule has 0 amide bonds. The molecule has 0 atom stereocenters. The zero-order valence-electron chi connectivity index (χ0n) is 25.4. The van der Waals surface area contributed by atoms with E-state index >= 15 is 0 Å². The number of hydrogen-bond acceptors (Lipinski definition) is 0. The lowest BCUT2D eigenvalue weighted by atomic mass is 10.2. The quantitative estimate of drug-likeness (QED) is 0.225. The molecule has 0 spiro atoms. The van der Waals surface area contributed by atoms with Crippen molar-refractivity contribution in [2.45, 2.75) is 65.5 Å². The molecular weight excluding hydrogens is 521 g/mol. The van der Waals surface area contributed by atoms with Gasteiger partial charge in [0.05, 0.1) is 24.2 Å². The topological polar surface area (TPSA) is 0 Å². The Morgan fingerprint density at radius 2 is 0.737 bits per heavy atom. The van der Waals surface area contributed by atoms with Crippen molar-refractivity contribution in [2.75, 3.05) is 0 Å². The van der Waals surface area contributed by atoms with Crippen LogP contribution in [-0.2, 0) is 0 Å². The Bertz CT molecular complexity index is 1290. The fraction of sp³-hybridized carbons (Fsp3) is 0.294. The van der Waals surface area contributed by atoms with Gasteiger partial charge in [0.15, 0.2) is 0 Å². The average molecular weight is 569 g/mol. The summed E-state index contributed by atoms with van der Waals surface area (Å²) in [6.45, 7) is 25.1. The highest BCUT2D eigenvalue weighted by atomic mass is 28.3. The monoisotopic (exact) mass is 568 g/mol. The summed E-state index contributed by atoms with van der Waals surface area (Å²) in [4.78, 5) is 0. The van der Waals surface area contributed by atoms with E-state index in [1.165, 1.54) is 16.7 Å². The Kier molecular flexibility index (Phi) is 9.46. The van der Waals surface area contributed by atoms with Crippen LogP contribution in [-0.4, -0.2) is 32.3 Å². The molecule has 200 valence electrons. The van der Waals surface area contributed by atoms with E-state index in [9.17, 15) is 0 Å². The zero-order chi connectivity index (χ0) is 28.2. The second-order valence-electron chi connectivity index (χ2n) is 13.8. The molecule has 0 N–H and O–H groups in total. The van der Waals surface area contributed by atoms with Crippen molar-refractivity contribution in [3.05, 3.63) is 125 Å². The first-order chi connectivity index (χ1) is 17.6. The predicted molar refractivity (Wildman–Crippen MR) is 185 cm³/mol. The van der Waals surface area contributed by atoms with Crippen LogP contribution in [0, 0.1) is 0 Å². The molecule has 0 radical (unpaired) electrons. The predicted octanol–water partition coefficient (Wildman–Crippen LogP) is 10.6. The molecule has 0 bridgehead atoms. The van der Waals surface area contributed by atoms with Gasteiger partial charge in [-0.05, 0) is 16.7 Å². The SMILES string of the molecule is C[Si](C)(C)/C=C(\c1ccccc1)[Si](C)(C)/C(=C/[Si](C)(C)/C=C(\c1ccccc1)[Si](C)(C)C)c1ccccc1. The Hall–Kier alpha value is -2.25. The molecule has 0 saturated heterocycles. The van der Waals surface area contributed by atoms with Crippen molar-refractivity contribution in [1.29, 1.82) is 0 Å². The van der Waals surface area contributed by atoms with E-state index in [1.807, 2.05) is 0 Å². The summed E-state index contributed by atoms with van der Waals surface area (Å²) >= 11 is 0. The first kappa shape index (κ1) is 30.3. The first-order valence-corrected chi connectivity index (χ1v) is 27.2. The van der Waals surface area contributed by atoms with Crippen LogP contribution in [0.3, 0.4) is 0 Å². The maximum absolute atomic E-state index is 2.75. The Labute approximate surface area is 237 Å². The Morgan fingerprint density at radius 3 is 1.08 bits per heavy atom. The molecule has 0 fully saturated rings. The lowest BCUT2D eigenvalue weighted by Gasteiger charge is -2.34. The van der Waals surface area contributed by atoms with Crippen molar-refractivity contribution in [3.63, 3.8) is 0 Å². The largest absolute Gasteiger partial charge is 0.111 e. The molecule has 0 nitrogen and oxygen atoms in total. The van der Waals surface area contributed by atoms with Gasteiger partial charge in [0.2, 0.25) is 0 Å². The van der Waals surface area contributed by atoms with Gasteiger partial charge in [0.1, 0.15) is 8.07 Å². The van der Waals surface area contributed by atoms with Gasteiger partial charge in [-0.2, -0.15) is 0 Å². The van der Waals surface area contributed by atoms with E-state index < -0.39 is 32.3 Å². The third-order valence-corrected chi connectivity index (χ3v) is 16.7. The van der Waals surface area contributed by atoms with Crippen LogP contribution in [0.25, 0.3) is 15.6 Å². The molecule has 0 unspecified atom stereocenters. The molecule has 4 heteroatoms. The van der Waals surface area contributed by atoms with Crippen LogP contribution in [0.15, 0.2) is 108 Å². The fourth-order valence-corrected chi connectivity index (χ4v) is 19.4. The number of hydrogen-bond donors (Lipinski definition) is 0. The highest BCUT2D eigenvalue weighted by Gasteiger charge is 2.35. The molecular formula is C34H48Si4. The molecule has 38 heavy (non-hydrogen) atoms. The summed E-state index contributed by atoms with van der Waals surface area (Å²) < 4.78 is 0. The number of rotatable bonds is 9. The molecule has 0 aliphatic heterocycles. The maximum atomic E-state index is 2.75. The molecule has 0 saturated carbocycles. The zero-order valence-corrected chi connectivity index (χ0v) is 29.4. The van der Waals surface area contributed by atoms with Gasteiger partial charge in [-0.15, -0.1) is 0 Å². The second kappa shape index (κ2) is 11.9. The van der Waals surface area contributed by atoms with Crippen molar-refractivity contribution in [3.8, 4) is 0 Å². The minimum absolute atomic E-state index is 1.39. The third kappa shape index (κ3) is 8.12. The minimum Gasteiger partial charge on any atom is -0.0947 e. The van der Waals surface area contributed by atoms with Gasteiger partial charge >= 0.3 is 0 Å². The maximum Gasteiger partial charge on any atom is 0.111 e. The van der Waals surface area contributed by atoms with E-state index in [0.717, 1.165) is 0 Å². The van der Waals surface area contributed by atoms with Gasteiger partial charge in [-0.3, -0.25) is 0 Å². The van der Waals surface area contributed by atoms with Gasteiger partial charge < -0.3 is 0 Å². The van der Waals surface area contributed by atoms with E-state index in [2.05, 4.69) is 174 Å². The van der Waals surface area contributed by atoms with Gasteiger partial charge in [-0.1, -0.05) is 189 Å². The van der Waals surface area contributed by atoms with Crippen molar-refractivity contribution in [1.82, 2.24) is 0 Å². The minimum atomic E-state index is -2.07. The van der Waals surface area contributed by atoms with Gasteiger partial charge in [0, 0.05) is 0 Å². The average Bonchev–Trinajstić information content (AvgIpc) is 2.85. The van der Waals surface area contributed by atoms with E-state index in [0.29, 0.717) is 0 Å². The normalized spacial score (nSPS) is 14.5. The lowest BCUT2D eigenvalue weighted by molar-refractivity contribution is 1.59. The molecule has 3 rings (SSSR count). The van der Waals surface area contributed by atoms with E-state index in [-0.39, 0.29) is 0 Å². The van der Waals surface area contributed by atoms with Crippen LogP contribution < -0.4 is 0 Å². The van der Waals surface area contributed by atoms with Crippen LogP contribution in [0.2, 0.25) is 65.5 Å². The summed E-state index contributed by atoms with van der Waals surface area (Å²) in [6.07, 6.45) is 0. The molecule has 0 aliphatic carbocycles. The number of benzene rings is 3. The smallest absolute Gasteiger partial charge is 0.0947 e. The van der Waals surface area contributed by atoms with Crippen molar-refractivity contribution < 1.29 is 0 Å². The fourth-order valence-electron chi connectivity index (χ4n) is 5.20. The Balaban J connectivity index is 2.29. The summed E-state index contributed by atoms with van der Waals surface area (Å²) in [6, 6.07) is 33.5. The highest BCUT2D eigenvalue weighted by Crippen LogP contribution is 2.39. The molecule has 3 aromatic rings. The van der Waals surface area contributed by atoms with Gasteiger partial charge in [0.25, 0.3) is 0 Å². The Morgan fingerprint density at radius 1 is 0.421 bits per heavy atom.